The van der Waals surface area contributed by atoms with Crippen LogP contribution in [0, 0.1) is 20.8 Å². The first-order chi connectivity index (χ1) is 22.2. The number of benzene rings is 3. The molecule has 242 valence electrons. The van der Waals surface area contributed by atoms with Crippen molar-refractivity contribution >= 4 is 35.3 Å². The molecule has 4 aromatic rings. The van der Waals surface area contributed by atoms with Gasteiger partial charge in [0.15, 0.2) is 11.5 Å². The lowest BCUT2D eigenvalue weighted by atomic mass is 9.95. The number of rotatable bonds is 13. The van der Waals surface area contributed by atoms with Crippen molar-refractivity contribution in [2.24, 2.45) is 0 Å². The summed E-state index contributed by atoms with van der Waals surface area (Å²) in [6.07, 6.45) is 1.71. The van der Waals surface area contributed by atoms with Crippen molar-refractivity contribution in [3.05, 3.63) is 104 Å². The maximum Gasteiger partial charge on any atom is 0.338 e. The normalized spacial score (nSPS) is 14.1. The molecule has 46 heavy (non-hydrogen) atoms. The number of hydrogen-bond donors (Lipinski definition) is 1. The van der Waals surface area contributed by atoms with Crippen LogP contribution in [0.2, 0.25) is 5.02 Å². The summed E-state index contributed by atoms with van der Waals surface area (Å²) in [7, 11) is 0. The van der Waals surface area contributed by atoms with E-state index in [0.717, 1.165) is 29.5 Å². The van der Waals surface area contributed by atoms with Gasteiger partial charge in [0.25, 0.3) is 0 Å². The fourth-order valence-electron chi connectivity index (χ4n) is 5.32. The Morgan fingerprint density at radius 1 is 0.957 bits per heavy atom. The minimum absolute atomic E-state index is 0.344. The van der Waals surface area contributed by atoms with E-state index in [-0.39, 0.29) is 0 Å². The molecular weight excluding hydrogens is 620 g/mol. The topological polar surface area (TPSA) is 87.5 Å². The van der Waals surface area contributed by atoms with Crippen molar-refractivity contribution in [3.8, 4) is 11.5 Å². The molecule has 1 aliphatic rings. The van der Waals surface area contributed by atoms with E-state index in [1.807, 2.05) is 56.3 Å². The second-order valence-corrected chi connectivity index (χ2v) is 12.7. The van der Waals surface area contributed by atoms with E-state index >= 15 is 0 Å². The highest BCUT2D eigenvalue weighted by atomic mass is 35.5. The molecule has 1 unspecified atom stereocenters. The molecule has 1 aliphatic heterocycles. The molecule has 0 aliphatic carbocycles. The summed E-state index contributed by atoms with van der Waals surface area (Å²) in [5.74, 6) is 1.97. The van der Waals surface area contributed by atoms with Crippen molar-refractivity contribution in [2.45, 2.75) is 77.9 Å². The number of esters is 1. The number of nitrogens with zero attached hydrogens (tertiary/aromatic N) is 3. The standard InChI is InChI=1S/C36H41ClN4O4S/c1-7-9-16-44-34(42)32-25(6)38-35-39-36(46-21-27-12-10-11-13-29(27)37)40-41(35)33(32)26-14-15-30(31(19-26)43-8-2)45-20-28-18-23(4)22(3)17-24(28)5/h10-15,17-19,33H,7-9,16,20-21H2,1-6H3,(H,38,39,40). The molecule has 0 fully saturated rings. The smallest absolute Gasteiger partial charge is 0.338 e. The number of unbranched alkanes of at least 4 members (excludes halogenated alkanes) is 1. The van der Waals surface area contributed by atoms with Gasteiger partial charge in [-0.3, -0.25) is 0 Å². The second kappa shape index (κ2) is 15.1. The molecule has 0 bridgehead atoms. The van der Waals surface area contributed by atoms with Gasteiger partial charge in [-0.2, -0.15) is 4.98 Å². The first kappa shape index (κ1) is 33.4. The highest BCUT2D eigenvalue weighted by Gasteiger charge is 2.36. The molecule has 10 heteroatoms. The number of halogens is 1. The molecular formula is C36H41ClN4O4S. The Hall–Kier alpha value is -3.95. The molecule has 8 nitrogen and oxygen atoms in total. The van der Waals surface area contributed by atoms with E-state index in [1.165, 1.54) is 28.5 Å². The molecule has 5 rings (SSSR count). The van der Waals surface area contributed by atoms with Crippen LogP contribution in [-0.4, -0.2) is 33.9 Å². The number of carbonyl (C=O) groups is 1. The zero-order chi connectivity index (χ0) is 32.8. The van der Waals surface area contributed by atoms with Crippen molar-refractivity contribution < 1.29 is 19.0 Å². The van der Waals surface area contributed by atoms with Crippen LogP contribution < -0.4 is 14.8 Å². The van der Waals surface area contributed by atoms with Gasteiger partial charge >= 0.3 is 5.97 Å². The third-order valence-corrected chi connectivity index (χ3v) is 9.27. The lowest BCUT2D eigenvalue weighted by molar-refractivity contribution is -0.139. The monoisotopic (exact) mass is 660 g/mol. The highest BCUT2D eigenvalue weighted by Crippen LogP contribution is 2.40. The van der Waals surface area contributed by atoms with Gasteiger partial charge in [-0.1, -0.05) is 73.1 Å². The van der Waals surface area contributed by atoms with Gasteiger partial charge in [-0.25, -0.2) is 9.48 Å². The minimum atomic E-state index is -0.595. The first-order valence-corrected chi connectivity index (χ1v) is 17.0. The summed E-state index contributed by atoms with van der Waals surface area (Å²) in [6.45, 7) is 13.4. The Kier molecular flexibility index (Phi) is 11.0. The summed E-state index contributed by atoms with van der Waals surface area (Å²) in [5, 5.41) is 9.41. The summed E-state index contributed by atoms with van der Waals surface area (Å²) in [6, 6.07) is 17.3. The number of fused-ring (bicyclic) bond motifs is 1. The van der Waals surface area contributed by atoms with E-state index < -0.39 is 12.0 Å². The number of hydrogen-bond acceptors (Lipinski definition) is 8. The fraction of sp³-hybridized carbons (Fsp3) is 0.361. The van der Waals surface area contributed by atoms with Crippen molar-refractivity contribution in [1.29, 1.82) is 0 Å². The number of nitrogens with one attached hydrogen (secondary N) is 1. The largest absolute Gasteiger partial charge is 0.490 e. The molecule has 1 atom stereocenters. The van der Waals surface area contributed by atoms with E-state index in [1.54, 1.807) is 4.68 Å². The number of allylic oxidation sites excluding steroid dienone is 1. The lowest BCUT2D eigenvalue weighted by Gasteiger charge is -2.28. The maximum absolute atomic E-state index is 13.6. The number of aryl methyl sites for hydroxylation is 3. The molecule has 0 amide bonds. The zero-order valence-corrected chi connectivity index (χ0v) is 28.8. The molecule has 0 saturated carbocycles. The number of thioether (sulfide) groups is 1. The average Bonchev–Trinajstić information content (AvgIpc) is 3.44. The quantitative estimate of drug-likeness (QED) is 0.0865. The van der Waals surface area contributed by atoms with Gasteiger partial charge in [0.2, 0.25) is 11.1 Å². The Labute approximate surface area is 280 Å². The minimum Gasteiger partial charge on any atom is -0.490 e. The van der Waals surface area contributed by atoms with Crippen LogP contribution in [0.1, 0.15) is 73.0 Å². The van der Waals surface area contributed by atoms with Crippen LogP contribution in [0.3, 0.4) is 0 Å². The van der Waals surface area contributed by atoms with Gasteiger partial charge in [-0.05, 0) is 92.6 Å². The van der Waals surface area contributed by atoms with Crippen LogP contribution >= 0.6 is 23.4 Å². The maximum atomic E-state index is 13.6. The molecule has 0 spiro atoms. The third-order valence-electron chi connectivity index (χ3n) is 8.02. The summed E-state index contributed by atoms with van der Waals surface area (Å²) >= 11 is 7.88. The van der Waals surface area contributed by atoms with Gasteiger partial charge in [0, 0.05) is 16.5 Å². The number of aromatic nitrogens is 3. The van der Waals surface area contributed by atoms with Crippen molar-refractivity contribution in [3.63, 3.8) is 0 Å². The number of carbonyl (C=O) groups excluding carboxylic acids is 1. The molecule has 1 aromatic heterocycles. The average molecular weight is 661 g/mol. The lowest BCUT2D eigenvalue weighted by Crippen LogP contribution is -2.30. The zero-order valence-electron chi connectivity index (χ0n) is 27.3. The Bertz CT molecular complexity index is 1750. The van der Waals surface area contributed by atoms with Crippen LogP contribution in [-0.2, 0) is 21.9 Å². The van der Waals surface area contributed by atoms with Crippen LogP contribution in [0.25, 0.3) is 0 Å². The predicted molar refractivity (Wildman–Crippen MR) is 184 cm³/mol. The predicted octanol–water partition coefficient (Wildman–Crippen LogP) is 8.76. The van der Waals surface area contributed by atoms with Crippen LogP contribution in [0.4, 0.5) is 5.95 Å². The summed E-state index contributed by atoms with van der Waals surface area (Å²) < 4.78 is 19.9. The third kappa shape index (κ3) is 7.53. The van der Waals surface area contributed by atoms with Crippen molar-refractivity contribution in [2.75, 3.05) is 18.5 Å². The van der Waals surface area contributed by atoms with E-state index in [2.05, 4.69) is 45.1 Å². The van der Waals surface area contributed by atoms with Crippen molar-refractivity contribution in [1.82, 2.24) is 14.8 Å². The molecule has 1 N–H and O–H groups in total. The van der Waals surface area contributed by atoms with E-state index in [9.17, 15) is 4.79 Å². The second-order valence-electron chi connectivity index (χ2n) is 11.4. The van der Waals surface area contributed by atoms with Crippen LogP contribution in [0.5, 0.6) is 11.5 Å². The summed E-state index contributed by atoms with van der Waals surface area (Å²) in [5.41, 5.74) is 7.72. The Morgan fingerprint density at radius 3 is 2.50 bits per heavy atom. The SMILES string of the molecule is CCCCOC(=O)C1=C(C)Nc2nc(SCc3ccccc3Cl)nn2C1c1ccc(OCc2cc(C)c(C)cc2C)c(OCC)c1. The van der Waals surface area contributed by atoms with Crippen LogP contribution in [0.15, 0.2) is 71.0 Å². The van der Waals surface area contributed by atoms with Gasteiger partial charge in [0.1, 0.15) is 12.6 Å². The van der Waals surface area contributed by atoms with E-state index in [4.69, 9.17) is 35.9 Å². The number of anilines is 1. The van der Waals surface area contributed by atoms with Gasteiger partial charge < -0.3 is 19.5 Å². The number of ether oxygens (including phenoxy) is 3. The first-order valence-electron chi connectivity index (χ1n) is 15.6. The molecule has 0 saturated heterocycles. The van der Waals surface area contributed by atoms with Gasteiger partial charge in [-0.15, -0.1) is 5.10 Å². The Balaban J connectivity index is 1.49. The molecule has 0 radical (unpaired) electrons. The highest BCUT2D eigenvalue weighted by molar-refractivity contribution is 7.98. The Morgan fingerprint density at radius 2 is 1.74 bits per heavy atom. The van der Waals surface area contributed by atoms with E-state index in [0.29, 0.717) is 64.5 Å². The molecule has 2 heterocycles. The summed E-state index contributed by atoms with van der Waals surface area (Å²) in [4.78, 5) is 18.4. The fourth-order valence-corrected chi connectivity index (χ4v) is 6.44. The molecule has 3 aromatic carbocycles. The van der Waals surface area contributed by atoms with Gasteiger partial charge in [0.05, 0.1) is 18.8 Å².